The topological polar surface area (TPSA) is 123 Å². The highest BCUT2D eigenvalue weighted by molar-refractivity contribution is 7.19. The fourth-order valence-corrected chi connectivity index (χ4v) is 5.91. The number of aliphatic carboxylic acids is 2. The van der Waals surface area contributed by atoms with Gasteiger partial charge in [-0.25, -0.2) is 14.0 Å². The second kappa shape index (κ2) is 11.7. The van der Waals surface area contributed by atoms with Gasteiger partial charge in [0.2, 0.25) is 0 Å². The zero-order valence-corrected chi connectivity index (χ0v) is 21.1. The standard InChI is InChI=1S/C25H27FN2O2S.C2H2O4/c1-16-12-17(25-13-20-21(26)4-2-7-24(20)31-25)9-11-28(16)14-18(29)15-30-23-6-3-5-22-19(23)8-10-27-22;3-1(4)2(5)6/h2-8,10,13,16-18,27,29H,9,11-12,14-15H2,1H3;(H,3,4)(H,5,6)/t16-,17+,18-;/m0./s1. The van der Waals surface area contributed by atoms with Gasteiger partial charge in [-0.15, -0.1) is 11.3 Å². The van der Waals surface area contributed by atoms with E-state index in [4.69, 9.17) is 24.5 Å². The summed E-state index contributed by atoms with van der Waals surface area (Å²) in [6.07, 6.45) is 3.39. The first-order valence-electron chi connectivity index (χ1n) is 12.0. The molecule has 10 heteroatoms. The van der Waals surface area contributed by atoms with Crippen LogP contribution in [0, 0.1) is 5.82 Å². The number of hydrogen-bond acceptors (Lipinski definition) is 6. The van der Waals surface area contributed by atoms with Gasteiger partial charge in [-0.05, 0) is 68.6 Å². The van der Waals surface area contributed by atoms with E-state index in [0.29, 0.717) is 18.5 Å². The van der Waals surface area contributed by atoms with Crippen molar-refractivity contribution >= 4 is 44.3 Å². The first-order valence-corrected chi connectivity index (χ1v) is 12.8. The smallest absolute Gasteiger partial charge is 0.414 e. The van der Waals surface area contributed by atoms with Crippen LogP contribution in [0.3, 0.4) is 0 Å². The second-order valence-electron chi connectivity index (χ2n) is 9.14. The van der Waals surface area contributed by atoms with E-state index in [-0.39, 0.29) is 12.4 Å². The van der Waals surface area contributed by atoms with E-state index < -0.39 is 18.0 Å². The number of ether oxygens (including phenoxy) is 1. The lowest BCUT2D eigenvalue weighted by atomic mass is 9.90. The highest BCUT2D eigenvalue weighted by Crippen LogP contribution is 2.38. The van der Waals surface area contributed by atoms with Crippen molar-refractivity contribution in [2.75, 3.05) is 19.7 Å². The number of nitrogens with one attached hydrogen (secondary N) is 1. The van der Waals surface area contributed by atoms with Crippen LogP contribution < -0.4 is 4.74 Å². The van der Waals surface area contributed by atoms with Crippen LogP contribution in [0.25, 0.3) is 21.0 Å². The number of aromatic nitrogens is 1. The number of likely N-dealkylation sites (tertiary alicyclic amines) is 1. The van der Waals surface area contributed by atoms with Gasteiger partial charge in [-0.2, -0.15) is 0 Å². The molecular weight excluding hydrogens is 499 g/mol. The van der Waals surface area contributed by atoms with E-state index in [2.05, 4.69) is 16.8 Å². The summed E-state index contributed by atoms with van der Waals surface area (Å²) in [5, 5.41) is 27.1. The number of benzene rings is 2. The third-order valence-electron chi connectivity index (χ3n) is 6.56. The molecule has 8 nitrogen and oxygen atoms in total. The number of fused-ring (bicyclic) bond motifs is 2. The lowest BCUT2D eigenvalue weighted by Crippen LogP contribution is -2.45. The summed E-state index contributed by atoms with van der Waals surface area (Å²) >= 11 is 1.71. The Kier molecular flexibility index (Phi) is 8.42. The predicted octanol–water partition coefficient (Wildman–Crippen LogP) is 4.69. The Hall–Kier alpha value is -3.47. The first-order chi connectivity index (χ1) is 17.7. The van der Waals surface area contributed by atoms with Crippen LogP contribution in [0.4, 0.5) is 4.39 Å². The minimum absolute atomic E-state index is 0.135. The Morgan fingerprint density at radius 2 is 1.92 bits per heavy atom. The molecule has 1 aliphatic rings. The van der Waals surface area contributed by atoms with Crippen LogP contribution in [0.1, 0.15) is 30.6 Å². The molecule has 0 unspecified atom stereocenters. The van der Waals surface area contributed by atoms with Crippen molar-refractivity contribution in [3.8, 4) is 5.75 Å². The van der Waals surface area contributed by atoms with E-state index in [1.165, 1.54) is 10.9 Å². The quantitative estimate of drug-likeness (QED) is 0.268. The van der Waals surface area contributed by atoms with Gasteiger partial charge >= 0.3 is 11.9 Å². The molecule has 37 heavy (non-hydrogen) atoms. The van der Waals surface area contributed by atoms with Crippen molar-refractivity contribution in [1.82, 2.24) is 9.88 Å². The molecule has 1 fully saturated rings. The normalized spacial score (nSPS) is 18.8. The number of carbonyl (C=O) groups is 2. The average molecular weight is 529 g/mol. The fraction of sp³-hybridized carbons (Fsp3) is 0.333. The fourth-order valence-electron chi connectivity index (χ4n) is 4.69. The van der Waals surface area contributed by atoms with Gasteiger partial charge in [0, 0.05) is 44.6 Å². The van der Waals surface area contributed by atoms with Crippen LogP contribution >= 0.6 is 11.3 Å². The van der Waals surface area contributed by atoms with E-state index in [0.717, 1.165) is 46.1 Å². The van der Waals surface area contributed by atoms with Crippen LogP contribution in [-0.2, 0) is 9.59 Å². The highest BCUT2D eigenvalue weighted by atomic mass is 32.1. The van der Waals surface area contributed by atoms with E-state index in [1.54, 1.807) is 17.4 Å². The number of nitrogens with zero attached hydrogens (tertiary/aromatic N) is 1. The molecule has 3 heterocycles. The molecule has 0 saturated carbocycles. The van der Waals surface area contributed by atoms with E-state index in [1.807, 2.05) is 42.6 Å². The number of aliphatic hydroxyl groups is 1. The Labute approximate surface area is 216 Å². The Bertz CT molecular complexity index is 1370. The summed E-state index contributed by atoms with van der Waals surface area (Å²) < 4.78 is 21.0. The molecule has 0 radical (unpaired) electrons. The number of aliphatic hydroxyl groups excluding tert-OH is 1. The largest absolute Gasteiger partial charge is 0.490 e. The van der Waals surface area contributed by atoms with Crippen molar-refractivity contribution < 1.29 is 34.0 Å². The van der Waals surface area contributed by atoms with Gasteiger partial charge in [0.25, 0.3) is 0 Å². The maximum absolute atomic E-state index is 14.1. The van der Waals surface area contributed by atoms with Gasteiger partial charge < -0.3 is 25.0 Å². The maximum atomic E-state index is 14.1. The molecule has 0 aliphatic carbocycles. The summed E-state index contributed by atoms with van der Waals surface area (Å²) in [5.74, 6) is -2.54. The lowest BCUT2D eigenvalue weighted by molar-refractivity contribution is -0.159. The molecule has 2 aromatic carbocycles. The van der Waals surface area contributed by atoms with Crippen LogP contribution in [0.5, 0.6) is 5.75 Å². The van der Waals surface area contributed by atoms with E-state index >= 15 is 0 Å². The monoisotopic (exact) mass is 528 g/mol. The average Bonchev–Trinajstić information content (AvgIpc) is 3.52. The number of halogens is 1. The molecule has 0 bridgehead atoms. The molecule has 4 aromatic rings. The molecule has 0 amide bonds. The number of piperidine rings is 1. The van der Waals surface area contributed by atoms with Crippen molar-refractivity contribution in [2.24, 2.45) is 0 Å². The van der Waals surface area contributed by atoms with E-state index in [9.17, 15) is 9.50 Å². The molecule has 2 aromatic heterocycles. The second-order valence-corrected chi connectivity index (χ2v) is 10.3. The number of rotatable bonds is 6. The van der Waals surface area contributed by atoms with Crippen molar-refractivity contribution in [3.05, 3.63) is 65.4 Å². The minimum atomic E-state index is -1.82. The lowest BCUT2D eigenvalue weighted by Gasteiger charge is -2.38. The third kappa shape index (κ3) is 6.46. The number of carboxylic acid groups (broad SMARTS) is 2. The molecular formula is C27H29FN2O6S. The number of carboxylic acids is 2. The summed E-state index contributed by atoms with van der Waals surface area (Å²) in [6.45, 7) is 4.01. The zero-order valence-electron chi connectivity index (χ0n) is 20.3. The van der Waals surface area contributed by atoms with Gasteiger partial charge in [0.1, 0.15) is 24.3 Å². The first kappa shape index (κ1) is 26.6. The molecule has 5 rings (SSSR count). The van der Waals surface area contributed by atoms with Crippen molar-refractivity contribution in [1.29, 1.82) is 0 Å². The molecule has 1 saturated heterocycles. The molecule has 1 aliphatic heterocycles. The number of H-pyrrole nitrogens is 1. The molecule has 4 N–H and O–H groups in total. The Balaban J connectivity index is 0.000000480. The van der Waals surface area contributed by atoms with Crippen molar-refractivity contribution in [2.45, 2.75) is 37.8 Å². The number of thiophene rings is 1. The van der Waals surface area contributed by atoms with Gasteiger partial charge in [-0.3, -0.25) is 4.90 Å². The SMILES string of the molecule is C[C@H]1C[C@H](c2cc3c(F)cccc3s2)CCN1C[C@H](O)COc1cccc2[nH]ccc12.O=C(O)C(=O)O. The minimum Gasteiger partial charge on any atom is -0.490 e. The summed E-state index contributed by atoms with van der Waals surface area (Å²) in [6, 6.07) is 15.6. The Morgan fingerprint density at radius 3 is 2.62 bits per heavy atom. The molecule has 3 atom stereocenters. The number of β-amino-alcohol motifs (C(OH)–C–C–N with tert-alkyl or cyclic N) is 1. The zero-order chi connectivity index (χ0) is 26.5. The highest BCUT2D eigenvalue weighted by Gasteiger charge is 2.29. The Morgan fingerprint density at radius 1 is 1.16 bits per heavy atom. The maximum Gasteiger partial charge on any atom is 0.414 e. The number of aromatic amines is 1. The van der Waals surface area contributed by atoms with Gasteiger partial charge in [0.05, 0.1) is 0 Å². The molecule has 196 valence electrons. The molecule has 0 spiro atoms. The van der Waals surface area contributed by atoms with Crippen LogP contribution in [-0.4, -0.2) is 69.0 Å². The summed E-state index contributed by atoms with van der Waals surface area (Å²) in [5.41, 5.74) is 1.03. The number of hydrogen-bond donors (Lipinski definition) is 4. The van der Waals surface area contributed by atoms with Crippen LogP contribution in [0.15, 0.2) is 54.7 Å². The van der Waals surface area contributed by atoms with Gasteiger partial charge in [0.15, 0.2) is 0 Å². The third-order valence-corrected chi connectivity index (χ3v) is 7.82. The van der Waals surface area contributed by atoms with Gasteiger partial charge in [-0.1, -0.05) is 12.1 Å². The van der Waals surface area contributed by atoms with Crippen molar-refractivity contribution in [3.63, 3.8) is 0 Å². The predicted molar refractivity (Wildman–Crippen MR) is 140 cm³/mol. The summed E-state index contributed by atoms with van der Waals surface area (Å²) in [7, 11) is 0. The van der Waals surface area contributed by atoms with Crippen LogP contribution in [0.2, 0.25) is 0 Å². The summed E-state index contributed by atoms with van der Waals surface area (Å²) in [4.78, 5) is 25.0.